The maximum Gasteiger partial charge on any atom is 0.0832 e. The molecule has 0 heterocycles. The fourth-order valence-electron chi connectivity index (χ4n) is 2.96. The number of rotatable bonds is 3. The minimum absolute atomic E-state index is 0.0463. The maximum absolute atomic E-state index is 8.84. The first-order valence-electron chi connectivity index (χ1n) is 11.6. The number of hydrogen-bond donors (Lipinski definition) is 0. The molecule has 0 radical (unpaired) electrons. The zero-order valence-electron chi connectivity index (χ0n) is 21.7. The van der Waals surface area contributed by atoms with Crippen molar-refractivity contribution in [3.05, 3.63) is 87.8 Å². The highest BCUT2D eigenvalue weighted by Gasteiger charge is 2.20. The second-order valence-corrected chi connectivity index (χ2v) is 9.96. The number of hydrogen-bond acceptors (Lipinski definition) is 1. The van der Waals surface area contributed by atoms with Gasteiger partial charge in [-0.1, -0.05) is 95.0 Å². The summed E-state index contributed by atoms with van der Waals surface area (Å²) in [6, 6.07) is 12.6. The molecule has 0 aliphatic rings. The van der Waals surface area contributed by atoms with Gasteiger partial charge >= 0.3 is 0 Å². The smallest absolute Gasteiger partial charge is 0.0832 e. The summed E-state index contributed by atoms with van der Waals surface area (Å²) in [6.45, 7) is 12.0. The van der Waals surface area contributed by atoms with Crippen molar-refractivity contribution in [1.29, 1.82) is 0 Å². The Morgan fingerprint density at radius 3 is 1.76 bits per heavy atom. The predicted molar refractivity (Wildman–Crippen MR) is 129 cm³/mol. The van der Waals surface area contributed by atoms with Gasteiger partial charge in [0.15, 0.2) is 0 Å². The lowest BCUT2D eigenvalue weighted by atomic mass is 9.86. The van der Waals surface area contributed by atoms with Crippen molar-refractivity contribution >= 4 is 40.3 Å². The van der Waals surface area contributed by atoms with Crippen LogP contribution in [0.2, 0.25) is 10.0 Å². The van der Waals surface area contributed by atoms with E-state index in [9.17, 15) is 0 Å². The van der Waals surface area contributed by atoms with Crippen LogP contribution in [-0.2, 0) is 10.8 Å². The SMILES string of the molecule is [2H]c1c([2H])c(C(C)(C)C)c([2H])c([2H])c1N(c1ccc(C(C)(C)C)cc1)c1cccc(Cl)c1Cl. The largest absolute Gasteiger partial charge is 0.309 e. The normalized spacial score (nSPS) is 14.1. The Balaban J connectivity index is 2.38. The minimum atomic E-state index is -0.550. The number of anilines is 3. The van der Waals surface area contributed by atoms with Crippen molar-refractivity contribution in [2.75, 3.05) is 4.90 Å². The zero-order valence-corrected chi connectivity index (χ0v) is 19.3. The van der Waals surface area contributed by atoms with Gasteiger partial charge in [-0.05, 0) is 58.3 Å². The molecular weight excluding hydrogens is 397 g/mol. The van der Waals surface area contributed by atoms with Gasteiger partial charge in [0.2, 0.25) is 0 Å². The first-order chi connectivity index (χ1) is 15.2. The second-order valence-electron chi connectivity index (χ2n) is 9.18. The van der Waals surface area contributed by atoms with Gasteiger partial charge in [-0.3, -0.25) is 0 Å². The van der Waals surface area contributed by atoms with Crippen molar-refractivity contribution in [1.82, 2.24) is 0 Å². The summed E-state index contributed by atoms with van der Waals surface area (Å²) in [6.07, 6.45) is 0. The van der Waals surface area contributed by atoms with Crippen LogP contribution in [0, 0.1) is 0 Å². The monoisotopic (exact) mass is 429 g/mol. The predicted octanol–water partition coefficient (Wildman–Crippen LogP) is 9.06. The van der Waals surface area contributed by atoms with E-state index in [2.05, 4.69) is 20.8 Å². The van der Waals surface area contributed by atoms with E-state index in [0.717, 1.165) is 5.56 Å². The molecule has 0 aliphatic carbocycles. The highest BCUT2D eigenvalue weighted by atomic mass is 35.5. The van der Waals surface area contributed by atoms with E-state index in [0.29, 0.717) is 22.0 Å². The molecule has 3 rings (SSSR count). The van der Waals surface area contributed by atoms with E-state index in [1.165, 1.54) is 0 Å². The molecule has 0 spiro atoms. The quantitative estimate of drug-likeness (QED) is 0.401. The molecule has 0 fully saturated rings. The summed E-state index contributed by atoms with van der Waals surface area (Å²) >= 11 is 12.9. The van der Waals surface area contributed by atoms with E-state index in [1.54, 1.807) is 23.1 Å². The van der Waals surface area contributed by atoms with Crippen LogP contribution in [0.4, 0.5) is 17.1 Å². The Morgan fingerprint density at radius 2 is 1.24 bits per heavy atom. The summed E-state index contributed by atoms with van der Waals surface area (Å²) < 4.78 is 35.0. The van der Waals surface area contributed by atoms with Gasteiger partial charge in [0, 0.05) is 11.4 Å². The van der Waals surface area contributed by atoms with Crippen molar-refractivity contribution < 1.29 is 5.48 Å². The minimum Gasteiger partial charge on any atom is -0.309 e. The molecule has 3 aromatic carbocycles. The number of nitrogens with zero attached hydrogens (tertiary/aromatic N) is 1. The molecule has 0 saturated carbocycles. The molecule has 0 aliphatic heterocycles. The molecule has 0 bridgehead atoms. The average molecular weight is 430 g/mol. The standard InChI is InChI=1S/C26H29Cl2N/c1-25(2,3)18-10-14-20(15-11-18)29(23-9-7-8-22(27)24(23)28)21-16-12-19(13-17-21)26(4,5)6/h7-17H,1-6H3/i10D,11D,14D,15D. The zero-order chi connectivity index (χ0) is 24.9. The Bertz CT molecular complexity index is 1160. The molecule has 152 valence electrons. The second kappa shape index (κ2) is 8.05. The lowest BCUT2D eigenvalue weighted by Crippen LogP contribution is -2.14. The van der Waals surface area contributed by atoms with Crippen molar-refractivity contribution in [3.63, 3.8) is 0 Å². The van der Waals surface area contributed by atoms with Crippen molar-refractivity contribution in [2.45, 2.75) is 52.4 Å². The van der Waals surface area contributed by atoms with Crippen LogP contribution in [-0.4, -0.2) is 0 Å². The third-order valence-electron chi connectivity index (χ3n) is 4.75. The van der Waals surface area contributed by atoms with Gasteiger partial charge in [-0.15, -0.1) is 0 Å². The molecule has 29 heavy (non-hydrogen) atoms. The molecule has 3 aromatic rings. The molecule has 3 heteroatoms. The van der Waals surface area contributed by atoms with Gasteiger partial charge < -0.3 is 4.90 Å². The summed E-state index contributed by atoms with van der Waals surface area (Å²) in [4.78, 5) is 1.66. The number of benzene rings is 3. The van der Waals surface area contributed by atoms with Crippen molar-refractivity contribution in [2.24, 2.45) is 0 Å². The lowest BCUT2D eigenvalue weighted by Gasteiger charge is -2.28. The summed E-state index contributed by atoms with van der Waals surface area (Å²) in [5.74, 6) is 0. The first kappa shape index (κ1) is 16.8. The van der Waals surface area contributed by atoms with Gasteiger partial charge in [0.05, 0.1) is 21.2 Å². The third kappa shape index (κ3) is 4.79. The van der Waals surface area contributed by atoms with Crippen LogP contribution in [0.1, 0.15) is 58.2 Å². The van der Waals surface area contributed by atoms with Crippen LogP contribution in [0.15, 0.2) is 66.6 Å². The Hall–Kier alpha value is -1.96. The van der Waals surface area contributed by atoms with Gasteiger partial charge in [-0.25, -0.2) is 0 Å². The Kier molecular flexibility index (Phi) is 4.66. The molecule has 0 saturated heterocycles. The molecule has 0 atom stereocenters. The van der Waals surface area contributed by atoms with Crippen LogP contribution in [0.25, 0.3) is 0 Å². The van der Waals surface area contributed by atoms with Gasteiger partial charge in [-0.2, -0.15) is 0 Å². The van der Waals surface area contributed by atoms with E-state index < -0.39 is 5.41 Å². The van der Waals surface area contributed by atoms with Crippen LogP contribution in [0.5, 0.6) is 0 Å². The Labute approximate surface area is 190 Å². The van der Waals surface area contributed by atoms with Crippen LogP contribution in [0.3, 0.4) is 0 Å². The summed E-state index contributed by atoms with van der Waals surface area (Å²) in [7, 11) is 0. The van der Waals surface area contributed by atoms with E-state index in [-0.39, 0.29) is 40.3 Å². The molecule has 0 N–H and O–H groups in total. The van der Waals surface area contributed by atoms with Gasteiger partial charge in [0.1, 0.15) is 0 Å². The van der Waals surface area contributed by atoms with E-state index in [1.807, 2.05) is 45.0 Å². The molecular formula is C26H29Cl2N. The lowest BCUT2D eigenvalue weighted by molar-refractivity contribution is 0.590. The third-order valence-corrected chi connectivity index (χ3v) is 5.56. The topological polar surface area (TPSA) is 3.24 Å². The highest BCUT2D eigenvalue weighted by molar-refractivity contribution is 6.43. The summed E-state index contributed by atoms with van der Waals surface area (Å²) in [5.41, 5.74) is 2.19. The first-order valence-corrected chi connectivity index (χ1v) is 10.4. The average Bonchev–Trinajstić information content (AvgIpc) is 2.71. The van der Waals surface area contributed by atoms with E-state index in [4.69, 9.17) is 28.7 Å². The van der Waals surface area contributed by atoms with Crippen LogP contribution < -0.4 is 4.90 Å². The fraction of sp³-hybridized carbons (Fsp3) is 0.308. The van der Waals surface area contributed by atoms with Crippen LogP contribution >= 0.6 is 23.2 Å². The summed E-state index contributed by atoms with van der Waals surface area (Å²) in [5, 5.41) is 0.614. The number of halogens is 2. The Morgan fingerprint density at radius 1 is 0.690 bits per heavy atom. The fourth-order valence-corrected chi connectivity index (χ4v) is 3.34. The molecule has 0 aromatic heterocycles. The van der Waals surface area contributed by atoms with Gasteiger partial charge in [0.25, 0.3) is 0 Å². The molecule has 0 amide bonds. The molecule has 0 unspecified atom stereocenters. The highest BCUT2D eigenvalue weighted by Crippen LogP contribution is 2.42. The maximum atomic E-state index is 8.84. The van der Waals surface area contributed by atoms with Crippen molar-refractivity contribution in [3.8, 4) is 0 Å². The van der Waals surface area contributed by atoms with E-state index >= 15 is 0 Å². The molecule has 1 nitrogen and oxygen atoms in total.